The summed E-state index contributed by atoms with van der Waals surface area (Å²) in [4.78, 5) is 4.38. The molecule has 1 aromatic carbocycles. The van der Waals surface area contributed by atoms with Gasteiger partial charge in [0, 0.05) is 33.2 Å². The standard InChI is InChI=1S/C16H26N4O2S/c1-6-11-18-16(17-4)19-12-14-7-9-15(10-8-14)23(21,22)20(5)13(2)3/h6-10,13H,1,11-12H2,2-5H3,(H2,17,18,19). The van der Waals surface area contributed by atoms with Crippen LogP contribution >= 0.6 is 0 Å². The van der Waals surface area contributed by atoms with Crippen LogP contribution < -0.4 is 10.6 Å². The summed E-state index contributed by atoms with van der Waals surface area (Å²) in [7, 11) is -0.159. The Morgan fingerprint density at radius 3 is 2.39 bits per heavy atom. The first-order valence-corrected chi connectivity index (χ1v) is 8.89. The number of guanidine groups is 1. The Morgan fingerprint density at radius 1 is 1.30 bits per heavy atom. The minimum atomic E-state index is -3.44. The fourth-order valence-corrected chi connectivity index (χ4v) is 3.17. The predicted molar refractivity (Wildman–Crippen MR) is 94.9 cm³/mol. The molecule has 0 aliphatic carbocycles. The van der Waals surface area contributed by atoms with Crippen LogP contribution in [0.15, 0.2) is 46.8 Å². The van der Waals surface area contributed by atoms with Gasteiger partial charge in [0.15, 0.2) is 5.96 Å². The van der Waals surface area contributed by atoms with Crippen molar-refractivity contribution >= 4 is 16.0 Å². The highest BCUT2D eigenvalue weighted by Gasteiger charge is 2.22. The van der Waals surface area contributed by atoms with Crippen LogP contribution in [0.5, 0.6) is 0 Å². The molecule has 0 spiro atoms. The summed E-state index contributed by atoms with van der Waals surface area (Å²) in [5.74, 6) is 0.668. The lowest BCUT2D eigenvalue weighted by atomic mass is 10.2. The second kappa shape index (κ2) is 8.69. The van der Waals surface area contributed by atoms with Crippen LogP contribution in [0.2, 0.25) is 0 Å². The van der Waals surface area contributed by atoms with Gasteiger partial charge in [0.05, 0.1) is 4.90 Å². The highest BCUT2D eigenvalue weighted by molar-refractivity contribution is 7.89. The van der Waals surface area contributed by atoms with Crippen LogP contribution in [0.25, 0.3) is 0 Å². The average Bonchev–Trinajstić information content (AvgIpc) is 2.54. The van der Waals surface area contributed by atoms with Gasteiger partial charge in [-0.25, -0.2) is 8.42 Å². The molecule has 0 radical (unpaired) electrons. The fraction of sp³-hybridized carbons (Fsp3) is 0.438. The number of hydrogen-bond acceptors (Lipinski definition) is 3. The van der Waals surface area contributed by atoms with Gasteiger partial charge in [-0.2, -0.15) is 4.31 Å². The zero-order chi connectivity index (χ0) is 17.5. The molecular weight excluding hydrogens is 312 g/mol. The number of nitrogens with zero attached hydrogens (tertiary/aromatic N) is 2. The Hall–Kier alpha value is -1.86. The molecule has 0 aliphatic rings. The van der Waals surface area contributed by atoms with Gasteiger partial charge in [-0.3, -0.25) is 4.99 Å². The Kier molecular flexibility index (Phi) is 7.25. The molecule has 0 saturated carbocycles. The molecule has 0 amide bonds. The van der Waals surface area contributed by atoms with E-state index in [-0.39, 0.29) is 6.04 Å². The maximum Gasteiger partial charge on any atom is 0.243 e. The third-order valence-electron chi connectivity index (χ3n) is 3.42. The van der Waals surface area contributed by atoms with E-state index in [2.05, 4.69) is 22.2 Å². The van der Waals surface area contributed by atoms with Crippen LogP contribution in [0.1, 0.15) is 19.4 Å². The van der Waals surface area contributed by atoms with Crippen LogP contribution in [0.3, 0.4) is 0 Å². The summed E-state index contributed by atoms with van der Waals surface area (Å²) in [6.07, 6.45) is 1.75. The van der Waals surface area contributed by atoms with Gasteiger partial charge >= 0.3 is 0 Å². The third-order valence-corrected chi connectivity index (χ3v) is 5.47. The number of sulfonamides is 1. The molecule has 1 rings (SSSR count). The van der Waals surface area contributed by atoms with Crippen molar-refractivity contribution in [1.82, 2.24) is 14.9 Å². The molecule has 0 saturated heterocycles. The van der Waals surface area contributed by atoms with Gasteiger partial charge < -0.3 is 10.6 Å². The van der Waals surface area contributed by atoms with Gasteiger partial charge in [-0.05, 0) is 31.5 Å². The Bertz CT molecular complexity index is 637. The normalized spacial score (nSPS) is 12.5. The average molecular weight is 338 g/mol. The lowest BCUT2D eigenvalue weighted by molar-refractivity contribution is 0.410. The van der Waals surface area contributed by atoms with Crippen molar-refractivity contribution in [3.8, 4) is 0 Å². The quantitative estimate of drug-likeness (QED) is 0.450. The summed E-state index contributed by atoms with van der Waals surface area (Å²) >= 11 is 0. The predicted octanol–water partition coefficient (Wildman–Crippen LogP) is 1.57. The minimum absolute atomic E-state index is 0.0828. The number of aliphatic imine (C=N–C) groups is 1. The molecule has 128 valence electrons. The summed E-state index contributed by atoms with van der Waals surface area (Å²) in [6, 6.07) is 6.78. The Labute approximate surface area is 139 Å². The van der Waals surface area contributed by atoms with Gasteiger partial charge in [-0.1, -0.05) is 18.2 Å². The SMILES string of the molecule is C=CCNC(=NC)NCc1ccc(S(=O)(=O)N(C)C(C)C)cc1. The topological polar surface area (TPSA) is 73.8 Å². The maximum absolute atomic E-state index is 12.4. The van der Waals surface area contributed by atoms with E-state index in [1.165, 1.54) is 4.31 Å². The first kappa shape index (κ1) is 19.2. The van der Waals surface area contributed by atoms with E-state index in [1.807, 2.05) is 13.8 Å². The third kappa shape index (κ3) is 5.37. The molecule has 7 heteroatoms. The van der Waals surface area contributed by atoms with Crippen molar-refractivity contribution in [2.24, 2.45) is 4.99 Å². The van der Waals surface area contributed by atoms with E-state index < -0.39 is 10.0 Å². The van der Waals surface area contributed by atoms with Gasteiger partial charge in [0.1, 0.15) is 0 Å². The summed E-state index contributed by atoms with van der Waals surface area (Å²) in [6.45, 7) is 8.50. The summed E-state index contributed by atoms with van der Waals surface area (Å²) in [5, 5.41) is 6.22. The molecule has 0 atom stereocenters. The first-order chi connectivity index (χ1) is 10.8. The highest BCUT2D eigenvalue weighted by atomic mass is 32.2. The molecule has 0 heterocycles. The van der Waals surface area contributed by atoms with E-state index in [9.17, 15) is 8.42 Å². The molecule has 0 fully saturated rings. The molecule has 0 aromatic heterocycles. The van der Waals surface area contributed by atoms with Crippen molar-refractivity contribution in [3.05, 3.63) is 42.5 Å². The fourth-order valence-electron chi connectivity index (χ4n) is 1.80. The van der Waals surface area contributed by atoms with Crippen LogP contribution in [0.4, 0.5) is 0 Å². The lowest BCUT2D eigenvalue weighted by Gasteiger charge is -2.21. The van der Waals surface area contributed by atoms with Crippen molar-refractivity contribution in [2.75, 3.05) is 20.6 Å². The van der Waals surface area contributed by atoms with E-state index in [0.717, 1.165) is 5.56 Å². The van der Waals surface area contributed by atoms with Crippen molar-refractivity contribution < 1.29 is 8.42 Å². The summed E-state index contributed by atoms with van der Waals surface area (Å²) < 4.78 is 26.1. The molecular formula is C16H26N4O2S. The Morgan fingerprint density at radius 2 is 1.91 bits per heavy atom. The molecule has 1 aromatic rings. The zero-order valence-electron chi connectivity index (χ0n) is 14.2. The van der Waals surface area contributed by atoms with Crippen molar-refractivity contribution in [3.63, 3.8) is 0 Å². The van der Waals surface area contributed by atoms with Gasteiger partial charge in [-0.15, -0.1) is 6.58 Å². The van der Waals surface area contributed by atoms with Crippen molar-refractivity contribution in [1.29, 1.82) is 0 Å². The van der Waals surface area contributed by atoms with Crippen LogP contribution in [0, 0.1) is 0 Å². The zero-order valence-corrected chi connectivity index (χ0v) is 15.0. The number of hydrogen-bond donors (Lipinski definition) is 2. The molecule has 0 aliphatic heterocycles. The molecule has 23 heavy (non-hydrogen) atoms. The first-order valence-electron chi connectivity index (χ1n) is 7.45. The van der Waals surface area contributed by atoms with Crippen molar-refractivity contribution in [2.45, 2.75) is 31.3 Å². The van der Waals surface area contributed by atoms with Crippen LogP contribution in [-0.4, -0.2) is 45.4 Å². The van der Waals surface area contributed by atoms with Gasteiger partial charge in [0.25, 0.3) is 0 Å². The number of benzene rings is 1. The minimum Gasteiger partial charge on any atom is -0.353 e. The molecule has 0 unspecified atom stereocenters. The highest BCUT2D eigenvalue weighted by Crippen LogP contribution is 2.17. The summed E-state index contributed by atoms with van der Waals surface area (Å²) in [5.41, 5.74) is 0.970. The van der Waals surface area contributed by atoms with Gasteiger partial charge in [0.2, 0.25) is 10.0 Å². The Balaban J connectivity index is 2.76. The second-order valence-electron chi connectivity index (χ2n) is 5.35. The number of rotatable bonds is 7. The maximum atomic E-state index is 12.4. The largest absolute Gasteiger partial charge is 0.353 e. The monoisotopic (exact) mass is 338 g/mol. The van der Waals surface area contributed by atoms with E-state index in [4.69, 9.17) is 0 Å². The lowest BCUT2D eigenvalue weighted by Crippen LogP contribution is -2.36. The smallest absolute Gasteiger partial charge is 0.243 e. The van der Waals surface area contributed by atoms with E-state index >= 15 is 0 Å². The van der Waals surface area contributed by atoms with Crippen LogP contribution in [-0.2, 0) is 16.6 Å². The molecule has 6 nitrogen and oxygen atoms in total. The van der Waals surface area contributed by atoms with E-state index in [1.54, 1.807) is 44.4 Å². The second-order valence-corrected chi connectivity index (χ2v) is 7.35. The molecule has 2 N–H and O–H groups in total. The number of nitrogens with one attached hydrogen (secondary N) is 2. The molecule has 0 bridgehead atoms. The van der Waals surface area contributed by atoms with E-state index in [0.29, 0.717) is 23.9 Å².